The van der Waals surface area contributed by atoms with Crippen LogP contribution >= 0.6 is 0 Å². The number of carboxylic acid groups (broad SMARTS) is 1. The minimum atomic E-state index is -1.16. The van der Waals surface area contributed by atoms with Crippen LogP contribution in [0.15, 0.2) is 36.4 Å². The van der Waals surface area contributed by atoms with Crippen molar-refractivity contribution >= 4 is 17.8 Å². The Balaban J connectivity index is 2.12. The number of phenols is 2. The highest BCUT2D eigenvalue weighted by molar-refractivity contribution is 5.97. The second-order valence-electron chi connectivity index (χ2n) is 8.21. The van der Waals surface area contributed by atoms with Gasteiger partial charge in [-0.2, -0.15) is 0 Å². The maximum Gasteiger partial charge on any atom is 0.325 e. The molecular weight excluding hydrogens is 454 g/mol. The molecule has 0 aliphatic heterocycles. The fourth-order valence-electron chi connectivity index (χ4n) is 3.43. The van der Waals surface area contributed by atoms with Crippen molar-refractivity contribution in [3.63, 3.8) is 0 Å². The third-order valence-corrected chi connectivity index (χ3v) is 5.32. The zero-order valence-electron chi connectivity index (χ0n) is 19.7. The number of aliphatic carboxylic acids is 1. The summed E-state index contributed by atoms with van der Waals surface area (Å²) in [5.74, 6) is -2.49. The van der Waals surface area contributed by atoms with Gasteiger partial charge in [-0.1, -0.05) is 13.8 Å². The van der Waals surface area contributed by atoms with Crippen molar-refractivity contribution in [2.75, 3.05) is 6.54 Å². The van der Waals surface area contributed by atoms with Crippen molar-refractivity contribution in [3.05, 3.63) is 53.3 Å². The van der Waals surface area contributed by atoms with E-state index in [2.05, 4.69) is 20.8 Å². The first-order valence-corrected chi connectivity index (χ1v) is 11.0. The predicted octanol–water partition coefficient (Wildman–Crippen LogP) is 2.42. The summed E-state index contributed by atoms with van der Waals surface area (Å²) in [4.78, 5) is 36.1. The number of nitrogens with one attached hydrogen (secondary N) is 2. The first kappa shape index (κ1) is 25.2. The molecule has 0 aliphatic carbocycles. The van der Waals surface area contributed by atoms with Crippen LogP contribution < -0.4 is 10.6 Å². The van der Waals surface area contributed by atoms with Gasteiger partial charge in [0.05, 0.1) is 5.56 Å². The van der Waals surface area contributed by atoms with E-state index in [0.717, 1.165) is 0 Å². The molecule has 11 heteroatoms. The summed E-state index contributed by atoms with van der Waals surface area (Å²) < 4.78 is 1.43. The summed E-state index contributed by atoms with van der Waals surface area (Å²) in [6.07, 6.45) is 0. The van der Waals surface area contributed by atoms with E-state index in [1.54, 1.807) is 25.1 Å². The van der Waals surface area contributed by atoms with Crippen LogP contribution in [0, 0.1) is 0 Å². The van der Waals surface area contributed by atoms with Gasteiger partial charge in [0.2, 0.25) is 5.82 Å². The highest BCUT2D eigenvalue weighted by atomic mass is 16.4. The fourth-order valence-corrected chi connectivity index (χ4v) is 3.43. The first-order chi connectivity index (χ1) is 16.5. The molecule has 11 nitrogen and oxygen atoms in total. The molecular formula is C24H27N5O6. The predicted molar refractivity (Wildman–Crippen MR) is 127 cm³/mol. The van der Waals surface area contributed by atoms with Gasteiger partial charge >= 0.3 is 5.97 Å². The molecule has 1 aromatic heterocycles. The average molecular weight is 482 g/mol. The summed E-state index contributed by atoms with van der Waals surface area (Å²) in [5, 5.41) is 43.0. The van der Waals surface area contributed by atoms with Crippen molar-refractivity contribution in [1.29, 1.82) is 0 Å². The number of aromatic nitrogens is 3. The number of benzene rings is 2. The largest absolute Gasteiger partial charge is 0.508 e. The number of phenolic OH excluding ortho intramolecular Hbond substituents is 2. The molecule has 1 heterocycles. The Labute approximate surface area is 201 Å². The number of nitrogens with zero attached hydrogens (tertiary/aromatic N) is 3. The first-order valence-electron chi connectivity index (χ1n) is 11.0. The molecule has 2 aromatic carbocycles. The number of hydrogen-bond donors (Lipinski definition) is 5. The SMILES string of the molecule is CCNC(=O)c1nnc(-c2cc(C(C)C)c(O)cc2O)n1-c1ccc(C(=O)NC(C)C(=O)O)cc1. The smallest absolute Gasteiger partial charge is 0.325 e. The molecule has 0 fully saturated rings. The van der Waals surface area contributed by atoms with Crippen molar-refractivity contribution < 1.29 is 29.7 Å². The second kappa shape index (κ2) is 10.2. The maximum absolute atomic E-state index is 12.7. The lowest BCUT2D eigenvalue weighted by Gasteiger charge is -2.15. The van der Waals surface area contributed by atoms with Crippen molar-refractivity contribution in [2.24, 2.45) is 0 Å². The second-order valence-corrected chi connectivity index (χ2v) is 8.21. The lowest BCUT2D eigenvalue weighted by Crippen LogP contribution is -2.38. The Morgan fingerprint density at radius 3 is 2.20 bits per heavy atom. The molecule has 5 N–H and O–H groups in total. The van der Waals surface area contributed by atoms with E-state index >= 15 is 0 Å². The summed E-state index contributed by atoms with van der Waals surface area (Å²) in [5.41, 5.74) is 1.47. The van der Waals surface area contributed by atoms with Gasteiger partial charge in [0, 0.05) is 23.9 Å². The van der Waals surface area contributed by atoms with Gasteiger partial charge in [0.15, 0.2) is 5.82 Å². The molecule has 2 amide bonds. The van der Waals surface area contributed by atoms with Crippen LogP contribution in [-0.4, -0.2) is 60.5 Å². The fraction of sp³-hybridized carbons (Fsp3) is 0.292. The van der Waals surface area contributed by atoms with Gasteiger partial charge in [-0.15, -0.1) is 10.2 Å². The Morgan fingerprint density at radius 2 is 1.63 bits per heavy atom. The van der Waals surface area contributed by atoms with Gasteiger partial charge in [-0.3, -0.25) is 19.0 Å². The van der Waals surface area contributed by atoms with E-state index in [1.165, 1.54) is 29.7 Å². The van der Waals surface area contributed by atoms with E-state index in [1.807, 2.05) is 13.8 Å². The number of carbonyl (C=O) groups excluding carboxylic acids is 2. The van der Waals surface area contributed by atoms with Gasteiger partial charge in [0.1, 0.15) is 17.5 Å². The maximum atomic E-state index is 12.7. The Hall–Kier alpha value is -4.41. The van der Waals surface area contributed by atoms with E-state index in [0.29, 0.717) is 17.8 Å². The molecule has 0 spiro atoms. The topological polar surface area (TPSA) is 167 Å². The Morgan fingerprint density at radius 1 is 0.971 bits per heavy atom. The standard InChI is InChI=1S/C24H27N5O6/c1-5-25-23(33)21-28-27-20(17-10-16(12(2)3)18(30)11-19(17)31)29(21)15-8-6-14(7-9-15)22(32)26-13(4)24(34)35/h6-13,30-31H,5H2,1-4H3,(H,25,33)(H,26,32)(H,34,35). The van der Waals surface area contributed by atoms with Crippen LogP contribution in [0.1, 0.15) is 60.2 Å². The quantitative estimate of drug-likeness (QED) is 0.327. The number of carboxylic acids is 1. The zero-order valence-corrected chi connectivity index (χ0v) is 19.7. The van der Waals surface area contributed by atoms with Gasteiger partial charge < -0.3 is 26.0 Å². The number of aromatic hydroxyl groups is 2. The molecule has 0 aliphatic rings. The van der Waals surface area contributed by atoms with Crippen LogP contribution in [0.4, 0.5) is 0 Å². The molecule has 3 rings (SSSR count). The molecule has 0 bridgehead atoms. The summed E-state index contributed by atoms with van der Waals surface area (Å²) in [6.45, 7) is 7.23. The van der Waals surface area contributed by atoms with E-state index in [9.17, 15) is 24.6 Å². The van der Waals surface area contributed by atoms with E-state index in [-0.39, 0.29) is 40.2 Å². The average Bonchev–Trinajstić information content (AvgIpc) is 3.24. The monoisotopic (exact) mass is 481 g/mol. The van der Waals surface area contributed by atoms with Crippen LogP contribution in [0.25, 0.3) is 17.1 Å². The molecule has 0 saturated carbocycles. The molecule has 35 heavy (non-hydrogen) atoms. The third-order valence-electron chi connectivity index (χ3n) is 5.32. The number of rotatable bonds is 8. The summed E-state index contributed by atoms with van der Waals surface area (Å²) in [6, 6.07) is 7.79. The molecule has 1 atom stereocenters. The zero-order chi connectivity index (χ0) is 25.9. The van der Waals surface area contributed by atoms with Crippen molar-refractivity contribution in [1.82, 2.24) is 25.4 Å². The third kappa shape index (κ3) is 5.24. The van der Waals surface area contributed by atoms with Gasteiger partial charge in [0.25, 0.3) is 11.8 Å². The molecule has 184 valence electrons. The van der Waals surface area contributed by atoms with Gasteiger partial charge in [-0.25, -0.2) is 0 Å². The van der Waals surface area contributed by atoms with Crippen LogP contribution in [0.3, 0.4) is 0 Å². The lowest BCUT2D eigenvalue weighted by atomic mass is 9.98. The van der Waals surface area contributed by atoms with E-state index < -0.39 is 23.8 Å². The normalized spacial score (nSPS) is 11.8. The van der Waals surface area contributed by atoms with E-state index in [4.69, 9.17) is 5.11 Å². The van der Waals surface area contributed by atoms with Crippen LogP contribution in [0.2, 0.25) is 0 Å². The van der Waals surface area contributed by atoms with Gasteiger partial charge in [-0.05, 0) is 55.7 Å². The summed E-state index contributed by atoms with van der Waals surface area (Å²) >= 11 is 0. The molecule has 0 saturated heterocycles. The van der Waals surface area contributed by atoms with Crippen LogP contribution in [0.5, 0.6) is 11.5 Å². The van der Waals surface area contributed by atoms with Crippen molar-refractivity contribution in [3.8, 4) is 28.6 Å². The van der Waals surface area contributed by atoms with Crippen LogP contribution in [-0.2, 0) is 4.79 Å². The number of hydrogen-bond acceptors (Lipinski definition) is 7. The molecule has 0 radical (unpaired) electrons. The lowest BCUT2D eigenvalue weighted by molar-refractivity contribution is -0.138. The number of carbonyl (C=O) groups is 3. The Bertz CT molecular complexity index is 1270. The molecule has 1 unspecified atom stereocenters. The number of amides is 2. The summed E-state index contributed by atoms with van der Waals surface area (Å²) in [7, 11) is 0. The highest BCUT2D eigenvalue weighted by Crippen LogP contribution is 2.38. The minimum Gasteiger partial charge on any atom is -0.508 e. The minimum absolute atomic E-state index is 0.0443. The highest BCUT2D eigenvalue weighted by Gasteiger charge is 2.24. The Kier molecular flexibility index (Phi) is 7.38. The molecule has 3 aromatic rings. The van der Waals surface area contributed by atoms with Crippen molar-refractivity contribution in [2.45, 2.75) is 39.7 Å².